The first-order valence-electron chi connectivity index (χ1n) is 7.01. The van der Waals surface area contributed by atoms with Crippen LogP contribution in [0.5, 0.6) is 5.75 Å². The van der Waals surface area contributed by atoms with E-state index in [2.05, 4.69) is 17.2 Å². The first-order valence-corrected chi connectivity index (χ1v) is 7.01. The van der Waals surface area contributed by atoms with Gasteiger partial charge in [-0.3, -0.25) is 9.78 Å². The van der Waals surface area contributed by atoms with Crippen LogP contribution in [-0.4, -0.2) is 35.3 Å². The van der Waals surface area contributed by atoms with Gasteiger partial charge in [-0.25, -0.2) is 0 Å². The highest BCUT2D eigenvalue weighted by molar-refractivity contribution is 5.97. The first kappa shape index (κ1) is 14.8. The number of nitrogens with one attached hydrogen (secondary N) is 1. The summed E-state index contributed by atoms with van der Waals surface area (Å²) in [6.45, 7) is 2.17. The van der Waals surface area contributed by atoms with Crippen molar-refractivity contribution in [2.45, 2.75) is 38.1 Å². The maximum Gasteiger partial charge on any atom is 0.255 e. The minimum atomic E-state index is -0.502. The summed E-state index contributed by atoms with van der Waals surface area (Å²) < 4.78 is 5.15. The lowest BCUT2D eigenvalue weighted by Crippen LogP contribution is -2.53. The van der Waals surface area contributed by atoms with E-state index < -0.39 is 5.54 Å². The van der Waals surface area contributed by atoms with Crippen molar-refractivity contribution >= 4 is 5.91 Å². The lowest BCUT2D eigenvalue weighted by molar-refractivity contribution is 0.0714. The zero-order chi connectivity index (χ0) is 14.6. The van der Waals surface area contributed by atoms with E-state index >= 15 is 0 Å². The van der Waals surface area contributed by atoms with E-state index in [0.29, 0.717) is 17.2 Å². The van der Waals surface area contributed by atoms with Crippen LogP contribution in [0.2, 0.25) is 0 Å². The molecule has 1 aliphatic carbocycles. The van der Waals surface area contributed by atoms with Gasteiger partial charge in [0.1, 0.15) is 5.75 Å². The van der Waals surface area contributed by atoms with E-state index in [9.17, 15) is 9.90 Å². The molecule has 0 aromatic carbocycles. The third-order valence-electron chi connectivity index (χ3n) is 4.16. The summed E-state index contributed by atoms with van der Waals surface area (Å²) in [4.78, 5) is 16.3. The van der Waals surface area contributed by atoms with Gasteiger partial charge in [-0.1, -0.05) is 6.92 Å². The number of hydrogen-bond acceptors (Lipinski definition) is 4. The van der Waals surface area contributed by atoms with E-state index in [1.807, 2.05) is 0 Å². The molecule has 2 N–H and O–H groups in total. The number of carbonyl (C=O) groups is 1. The van der Waals surface area contributed by atoms with Gasteiger partial charge < -0.3 is 15.2 Å². The van der Waals surface area contributed by atoms with E-state index in [-0.39, 0.29) is 12.5 Å². The van der Waals surface area contributed by atoms with Crippen LogP contribution in [0.3, 0.4) is 0 Å². The molecule has 5 nitrogen and oxygen atoms in total. The summed E-state index contributed by atoms with van der Waals surface area (Å²) in [5.74, 6) is 0.886. The Morgan fingerprint density at radius 2 is 2.25 bits per heavy atom. The van der Waals surface area contributed by atoms with Gasteiger partial charge in [-0.2, -0.15) is 0 Å². The fourth-order valence-corrected chi connectivity index (χ4v) is 2.68. The van der Waals surface area contributed by atoms with E-state index in [0.717, 1.165) is 25.7 Å². The zero-order valence-electron chi connectivity index (χ0n) is 12.1. The lowest BCUT2D eigenvalue weighted by Gasteiger charge is -2.38. The van der Waals surface area contributed by atoms with Crippen LogP contribution in [0.25, 0.3) is 0 Å². The highest BCUT2D eigenvalue weighted by atomic mass is 16.5. The largest absolute Gasteiger partial charge is 0.494 e. The van der Waals surface area contributed by atoms with Crippen molar-refractivity contribution in [2.75, 3.05) is 13.7 Å². The van der Waals surface area contributed by atoms with Crippen molar-refractivity contribution in [1.29, 1.82) is 0 Å². The molecule has 0 bridgehead atoms. The van der Waals surface area contributed by atoms with Crippen LogP contribution in [0, 0.1) is 5.92 Å². The number of rotatable bonds is 4. The fraction of sp³-hybridized carbons (Fsp3) is 0.600. The van der Waals surface area contributed by atoms with Crippen molar-refractivity contribution in [3.63, 3.8) is 0 Å². The summed E-state index contributed by atoms with van der Waals surface area (Å²) in [7, 11) is 1.51. The monoisotopic (exact) mass is 278 g/mol. The smallest absolute Gasteiger partial charge is 0.255 e. The number of aliphatic hydroxyl groups is 1. The summed E-state index contributed by atoms with van der Waals surface area (Å²) in [6.07, 6.45) is 6.74. The molecular formula is C15H22N2O3. The number of methoxy groups -OCH3 is 1. The van der Waals surface area contributed by atoms with Gasteiger partial charge in [-0.05, 0) is 37.7 Å². The minimum absolute atomic E-state index is 0.0289. The Labute approximate surface area is 119 Å². The Bertz CT molecular complexity index is 468. The average Bonchev–Trinajstić information content (AvgIpc) is 2.49. The SMILES string of the molecule is COc1cnccc1C(=O)NC1(CO)CCC(C)CC1. The van der Waals surface area contributed by atoms with Gasteiger partial charge in [-0.15, -0.1) is 0 Å². The average molecular weight is 278 g/mol. The number of ether oxygens (including phenoxy) is 1. The number of aromatic nitrogens is 1. The molecular weight excluding hydrogens is 256 g/mol. The summed E-state index contributed by atoms with van der Waals surface area (Å²) >= 11 is 0. The zero-order valence-corrected chi connectivity index (χ0v) is 12.1. The van der Waals surface area contributed by atoms with Gasteiger partial charge >= 0.3 is 0 Å². The second-order valence-corrected chi connectivity index (χ2v) is 5.65. The lowest BCUT2D eigenvalue weighted by atomic mass is 9.77. The summed E-state index contributed by atoms with van der Waals surface area (Å²) in [6, 6.07) is 1.63. The van der Waals surface area contributed by atoms with Crippen LogP contribution in [-0.2, 0) is 0 Å². The van der Waals surface area contributed by atoms with Crippen LogP contribution in [0.1, 0.15) is 43.0 Å². The molecule has 1 aliphatic rings. The third kappa shape index (κ3) is 3.10. The van der Waals surface area contributed by atoms with E-state index in [4.69, 9.17) is 4.74 Å². The molecule has 110 valence electrons. The van der Waals surface area contributed by atoms with Crippen LogP contribution in [0.15, 0.2) is 18.5 Å². The number of pyridine rings is 1. The quantitative estimate of drug-likeness (QED) is 0.880. The minimum Gasteiger partial charge on any atom is -0.494 e. The molecule has 1 saturated carbocycles. The molecule has 20 heavy (non-hydrogen) atoms. The highest BCUT2D eigenvalue weighted by Crippen LogP contribution is 2.32. The second kappa shape index (κ2) is 6.22. The topological polar surface area (TPSA) is 71.5 Å². The van der Waals surface area contributed by atoms with Crippen molar-refractivity contribution < 1.29 is 14.6 Å². The molecule has 0 saturated heterocycles. The molecule has 0 atom stereocenters. The predicted octanol–water partition coefficient (Wildman–Crippen LogP) is 1.76. The number of amides is 1. The number of nitrogens with zero attached hydrogens (tertiary/aromatic N) is 1. The maximum atomic E-state index is 12.4. The Morgan fingerprint density at radius 1 is 1.55 bits per heavy atom. The number of hydrogen-bond donors (Lipinski definition) is 2. The Morgan fingerprint density at radius 3 is 2.85 bits per heavy atom. The van der Waals surface area contributed by atoms with E-state index in [1.165, 1.54) is 13.3 Å². The van der Waals surface area contributed by atoms with Crippen molar-refractivity contribution in [3.8, 4) is 5.75 Å². The molecule has 0 radical (unpaired) electrons. The molecule has 1 fully saturated rings. The summed E-state index contributed by atoms with van der Waals surface area (Å²) in [5.41, 5.74) is -0.0494. The normalized spacial score (nSPS) is 26.1. The number of aliphatic hydroxyl groups excluding tert-OH is 1. The maximum absolute atomic E-state index is 12.4. The molecule has 0 spiro atoms. The molecule has 1 heterocycles. The number of carbonyl (C=O) groups excluding carboxylic acids is 1. The Hall–Kier alpha value is -1.62. The van der Waals surface area contributed by atoms with Crippen molar-refractivity contribution in [2.24, 2.45) is 5.92 Å². The highest BCUT2D eigenvalue weighted by Gasteiger charge is 2.35. The van der Waals surface area contributed by atoms with Gasteiger partial charge in [0.15, 0.2) is 0 Å². The molecule has 1 aromatic heterocycles. The second-order valence-electron chi connectivity index (χ2n) is 5.65. The molecule has 2 rings (SSSR count). The van der Waals surface area contributed by atoms with Gasteiger partial charge in [0.05, 0.1) is 31.0 Å². The van der Waals surface area contributed by atoms with E-state index in [1.54, 1.807) is 12.3 Å². The molecule has 0 unspecified atom stereocenters. The molecule has 5 heteroatoms. The standard InChI is InChI=1S/C15H22N2O3/c1-11-3-6-15(10-18,7-4-11)17-14(19)12-5-8-16-9-13(12)20-2/h5,8-9,11,18H,3-4,6-7,10H2,1-2H3,(H,17,19). The Balaban J connectivity index is 2.13. The predicted molar refractivity (Wildman–Crippen MR) is 75.7 cm³/mol. The molecule has 0 aliphatic heterocycles. The van der Waals surface area contributed by atoms with Gasteiger partial charge in [0.2, 0.25) is 0 Å². The van der Waals surface area contributed by atoms with Crippen LogP contribution in [0.4, 0.5) is 0 Å². The van der Waals surface area contributed by atoms with Crippen molar-refractivity contribution in [3.05, 3.63) is 24.0 Å². The molecule has 1 aromatic rings. The van der Waals surface area contributed by atoms with Crippen molar-refractivity contribution in [1.82, 2.24) is 10.3 Å². The Kier molecular flexibility index (Phi) is 4.60. The first-order chi connectivity index (χ1) is 9.60. The molecule has 1 amide bonds. The summed E-state index contributed by atoms with van der Waals surface area (Å²) in [5, 5.41) is 12.7. The van der Waals surface area contributed by atoms with Crippen LogP contribution < -0.4 is 10.1 Å². The van der Waals surface area contributed by atoms with Gasteiger partial charge in [0, 0.05) is 6.20 Å². The third-order valence-corrected chi connectivity index (χ3v) is 4.16. The van der Waals surface area contributed by atoms with Gasteiger partial charge in [0.25, 0.3) is 5.91 Å². The fourth-order valence-electron chi connectivity index (χ4n) is 2.68. The van der Waals surface area contributed by atoms with Crippen LogP contribution >= 0.6 is 0 Å².